The van der Waals surface area contributed by atoms with Crippen molar-refractivity contribution in [2.45, 2.75) is 19.9 Å². The second kappa shape index (κ2) is 5.29. The highest BCUT2D eigenvalue weighted by atomic mass is 16.1. The second-order valence-corrected chi connectivity index (χ2v) is 4.78. The molecule has 3 rings (SSSR count). The number of aromatic nitrogens is 2. The van der Waals surface area contributed by atoms with Crippen LogP contribution in [-0.4, -0.2) is 9.55 Å². The predicted octanol–water partition coefficient (Wildman–Crippen LogP) is 3.47. The summed E-state index contributed by atoms with van der Waals surface area (Å²) < 4.78 is 1.78. The first-order chi connectivity index (χ1) is 9.81. The maximum Gasteiger partial charge on any atom is 0.261 e. The molecule has 2 aromatic carbocycles. The van der Waals surface area contributed by atoms with E-state index in [2.05, 4.69) is 11.9 Å². The minimum absolute atomic E-state index is 0.0382. The Hall–Kier alpha value is -2.42. The second-order valence-electron chi connectivity index (χ2n) is 4.78. The third-order valence-electron chi connectivity index (χ3n) is 3.34. The van der Waals surface area contributed by atoms with E-state index in [1.807, 2.05) is 54.6 Å². The zero-order valence-electron chi connectivity index (χ0n) is 11.4. The van der Waals surface area contributed by atoms with Crippen molar-refractivity contribution in [1.29, 1.82) is 0 Å². The number of fused-ring (bicyclic) bond motifs is 1. The third-order valence-corrected chi connectivity index (χ3v) is 3.34. The van der Waals surface area contributed by atoms with Crippen LogP contribution in [0.5, 0.6) is 0 Å². The van der Waals surface area contributed by atoms with E-state index < -0.39 is 0 Å². The highest BCUT2D eigenvalue weighted by Crippen LogP contribution is 2.18. The molecule has 0 atom stereocenters. The Balaban J connectivity index is 2.35. The van der Waals surface area contributed by atoms with Gasteiger partial charge in [0.25, 0.3) is 5.56 Å². The molecule has 0 unspecified atom stereocenters. The molecule has 0 aliphatic heterocycles. The minimum atomic E-state index is 0.0382. The lowest BCUT2D eigenvalue weighted by Gasteiger charge is -2.12. The molecule has 3 nitrogen and oxygen atoms in total. The first kappa shape index (κ1) is 12.6. The number of hydrogen-bond acceptors (Lipinski definition) is 2. The van der Waals surface area contributed by atoms with Crippen molar-refractivity contribution in [3.05, 3.63) is 65.0 Å². The summed E-state index contributed by atoms with van der Waals surface area (Å²) in [5.41, 5.74) is 1.77. The first-order valence-corrected chi connectivity index (χ1v) is 6.86. The SMILES string of the molecule is CCCn1c(-c2ccccc2)nc2ccccc2c1=O. The molecule has 1 heterocycles. The Kier molecular flexibility index (Phi) is 3.33. The molecule has 0 radical (unpaired) electrons. The summed E-state index contributed by atoms with van der Waals surface area (Å²) in [4.78, 5) is 17.3. The van der Waals surface area contributed by atoms with Crippen LogP contribution in [0.4, 0.5) is 0 Å². The Morgan fingerprint density at radius 2 is 1.70 bits per heavy atom. The zero-order valence-corrected chi connectivity index (χ0v) is 11.4. The van der Waals surface area contributed by atoms with Crippen LogP contribution in [0, 0.1) is 0 Å². The van der Waals surface area contributed by atoms with E-state index in [9.17, 15) is 4.79 Å². The third kappa shape index (κ3) is 2.11. The van der Waals surface area contributed by atoms with Gasteiger partial charge in [0, 0.05) is 12.1 Å². The van der Waals surface area contributed by atoms with E-state index in [0.717, 1.165) is 23.3 Å². The van der Waals surface area contributed by atoms with Crippen molar-refractivity contribution in [3.63, 3.8) is 0 Å². The summed E-state index contributed by atoms with van der Waals surface area (Å²) in [6.07, 6.45) is 0.903. The molecule has 1 aromatic heterocycles. The van der Waals surface area contributed by atoms with Gasteiger partial charge in [0.1, 0.15) is 5.82 Å². The molecule has 0 fully saturated rings. The highest BCUT2D eigenvalue weighted by molar-refractivity contribution is 5.79. The molecule has 0 bridgehead atoms. The monoisotopic (exact) mass is 264 g/mol. The van der Waals surface area contributed by atoms with E-state index >= 15 is 0 Å². The number of benzene rings is 2. The average Bonchev–Trinajstić information content (AvgIpc) is 2.51. The van der Waals surface area contributed by atoms with Gasteiger partial charge in [-0.15, -0.1) is 0 Å². The van der Waals surface area contributed by atoms with Crippen molar-refractivity contribution in [2.24, 2.45) is 0 Å². The molecule has 3 aromatic rings. The van der Waals surface area contributed by atoms with Gasteiger partial charge in [0.2, 0.25) is 0 Å². The van der Waals surface area contributed by atoms with Crippen LogP contribution in [0.3, 0.4) is 0 Å². The van der Waals surface area contributed by atoms with Crippen LogP contribution >= 0.6 is 0 Å². The van der Waals surface area contributed by atoms with Crippen molar-refractivity contribution in [1.82, 2.24) is 9.55 Å². The zero-order chi connectivity index (χ0) is 13.9. The van der Waals surface area contributed by atoms with Crippen molar-refractivity contribution in [2.75, 3.05) is 0 Å². The summed E-state index contributed by atoms with van der Waals surface area (Å²) in [6.45, 7) is 2.75. The fourth-order valence-electron chi connectivity index (χ4n) is 2.41. The standard InChI is InChI=1S/C17H16N2O/c1-2-12-19-16(13-8-4-3-5-9-13)18-15-11-7-6-10-14(15)17(19)20/h3-11H,2,12H2,1H3. The smallest absolute Gasteiger partial charge is 0.261 e. The number of hydrogen-bond donors (Lipinski definition) is 0. The van der Waals surface area contributed by atoms with Crippen LogP contribution in [-0.2, 0) is 6.54 Å². The summed E-state index contributed by atoms with van der Waals surface area (Å²) >= 11 is 0. The van der Waals surface area contributed by atoms with Gasteiger partial charge in [-0.25, -0.2) is 4.98 Å². The van der Waals surface area contributed by atoms with Crippen molar-refractivity contribution < 1.29 is 0 Å². The van der Waals surface area contributed by atoms with Gasteiger partial charge in [-0.2, -0.15) is 0 Å². The predicted molar refractivity (Wildman–Crippen MR) is 81.7 cm³/mol. The highest BCUT2D eigenvalue weighted by Gasteiger charge is 2.11. The fraction of sp³-hybridized carbons (Fsp3) is 0.176. The molecule has 0 aliphatic rings. The van der Waals surface area contributed by atoms with Crippen LogP contribution in [0.25, 0.3) is 22.3 Å². The van der Waals surface area contributed by atoms with Gasteiger partial charge in [0.05, 0.1) is 10.9 Å². The van der Waals surface area contributed by atoms with Gasteiger partial charge in [-0.3, -0.25) is 9.36 Å². The van der Waals surface area contributed by atoms with Crippen LogP contribution in [0.15, 0.2) is 59.4 Å². The molecule has 0 amide bonds. The molecule has 0 saturated heterocycles. The minimum Gasteiger partial charge on any atom is -0.292 e. The summed E-state index contributed by atoms with van der Waals surface area (Å²) in [6, 6.07) is 17.4. The Morgan fingerprint density at radius 1 is 1.00 bits per heavy atom. The Bertz CT molecular complexity index is 791. The van der Waals surface area contributed by atoms with Gasteiger partial charge >= 0.3 is 0 Å². The van der Waals surface area contributed by atoms with E-state index in [0.29, 0.717) is 11.9 Å². The number of nitrogens with zero attached hydrogens (tertiary/aromatic N) is 2. The van der Waals surface area contributed by atoms with Gasteiger partial charge < -0.3 is 0 Å². The summed E-state index contributed by atoms with van der Waals surface area (Å²) in [7, 11) is 0. The summed E-state index contributed by atoms with van der Waals surface area (Å²) in [5, 5.41) is 0.681. The Morgan fingerprint density at radius 3 is 2.45 bits per heavy atom. The summed E-state index contributed by atoms with van der Waals surface area (Å²) in [5.74, 6) is 0.746. The van der Waals surface area contributed by atoms with E-state index in [-0.39, 0.29) is 5.56 Å². The number of rotatable bonds is 3. The van der Waals surface area contributed by atoms with Gasteiger partial charge in [-0.05, 0) is 18.6 Å². The van der Waals surface area contributed by atoms with E-state index in [4.69, 9.17) is 0 Å². The maximum absolute atomic E-state index is 12.6. The van der Waals surface area contributed by atoms with Crippen LogP contribution in [0.2, 0.25) is 0 Å². The lowest BCUT2D eigenvalue weighted by Crippen LogP contribution is -2.23. The first-order valence-electron chi connectivity index (χ1n) is 6.86. The molecule has 0 N–H and O–H groups in total. The van der Waals surface area contributed by atoms with E-state index in [1.54, 1.807) is 4.57 Å². The van der Waals surface area contributed by atoms with Gasteiger partial charge in [0.15, 0.2) is 0 Å². The van der Waals surface area contributed by atoms with Crippen molar-refractivity contribution >= 4 is 10.9 Å². The maximum atomic E-state index is 12.6. The topological polar surface area (TPSA) is 34.9 Å². The Labute approximate surface area is 117 Å². The molecule has 0 aliphatic carbocycles. The van der Waals surface area contributed by atoms with Gasteiger partial charge in [-0.1, -0.05) is 49.4 Å². The average molecular weight is 264 g/mol. The van der Waals surface area contributed by atoms with E-state index in [1.165, 1.54) is 0 Å². The molecule has 0 saturated carbocycles. The van der Waals surface area contributed by atoms with Crippen LogP contribution in [0.1, 0.15) is 13.3 Å². The van der Waals surface area contributed by atoms with Crippen LogP contribution < -0.4 is 5.56 Å². The number of para-hydroxylation sites is 1. The molecular formula is C17H16N2O. The normalized spacial score (nSPS) is 10.8. The molecule has 0 spiro atoms. The molecular weight excluding hydrogens is 248 g/mol. The molecule has 100 valence electrons. The largest absolute Gasteiger partial charge is 0.292 e. The van der Waals surface area contributed by atoms with Crippen molar-refractivity contribution in [3.8, 4) is 11.4 Å². The lowest BCUT2D eigenvalue weighted by molar-refractivity contribution is 0.656. The fourth-order valence-corrected chi connectivity index (χ4v) is 2.41. The molecule has 3 heteroatoms. The quantitative estimate of drug-likeness (QED) is 0.726. The lowest BCUT2D eigenvalue weighted by atomic mass is 10.1. The molecule has 20 heavy (non-hydrogen) atoms.